The fraction of sp³-hybridized carbons (Fsp3) is 0.267. The van der Waals surface area contributed by atoms with Crippen LogP contribution < -0.4 is 0 Å². The first kappa shape index (κ1) is 15.5. The number of aliphatic imine (C=N–C) groups is 1. The Labute approximate surface area is 135 Å². The van der Waals surface area contributed by atoms with E-state index in [1.807, 2.05) is 0 Å². The average Bonchev–Trinajstić information content (AvgIpc) is 3.10. The molecule has 3 rings (SSSR count). The van der Waals surface area contributed by atoms with Gasteiger partial charge in [-0.3, -0.25) is 4.79 Å². The molecule has 0 bridgehead atoms. The van der Waals surface area contributed by atoms with Gasteiger partial charge in [-0.1, -0.05) is 0 Å². The number of nitrogens with zero attached hydrogens (tertiary/aromatic N) is 2. The number of carbonyl (C=O) groups excluding carboxylic acids is 1. The fourth-order valence-corrected chi connectivity index (χ4v) is 3.54. The number of carbonyl (C=O) groups is 2. The first-order valence-corrected chi connectivity index (χ1v) is 7.78. The first-order valence-electron chi connectivity index (χ1n) is 6.96. The number of hydrogen-bond acceptors (Lipinski definition) is 5. The Kier molecular flexibility index (Phi) is 4.08. The van der Waals surface area contributed by atoms with Crippen LogP contribution in [0.1, 0.15) is 18.4 Å². The van der Waals surface area contributed by atoms with Gasteiger partial charge in [0.05, 0.1) is 4.91 Å². The molecule has 0 radical (unpaired) electrons. The molecule has 1 amide bonds. The zero-order valence-electron chi connectivity index (χ0n) is 11.9. The van der Waals surface area contributed by atoms with Gasteiger partial charge in [0.1, 0.15) is 17.6 Å². The van der Waals surface area contributed by atoms with E-state index in [-0.39, 0.29) is 16.2 Å². The Hall–Kier alpha value is -2.35. The first-order chi connectivity index (χ1) is 11.0. The van der Waals surface area contributed by atoms with Gasteiger partial charge in [0.25, 0.3) is 5.91 Å². The van der Waals surface area contributed by atoms with E-state index in [1.54, 1.807) is 4.90 Å². The van der Waals surface area contributed by atoms with Gasteiger partial charge in [0.15, 0.2) is 5.17 Å². The highest BCUT2D eigenvalue weighted by molar-refractivity contribution is 8.18. The fourth-order valence-electron chi connectivity index (χ4n) is 2.56. The summed E-state index contributed by atoms with van der Waals surface area (Å²) in [7, 11) is 0. The SMILES string of the molecule is O=C1N=C(N2CCC[C@@H]2C(=O)O)S/C1=C\c1cc(F)ccc1O. The maximum Gasteiger partial charge on any atom is 0.326 e. The molecule has 0 aliphatic carbocycles. The summed E-state index contributed by atoms with van der Waals surface area (Å²) in [6, 6.07) is 2.75. The lowest BCUT2D eigenvalue weighted by atomic mass is 10.2. The molecule has 23 heavy (non-hydrogen) atoms. The number of carboxylic acid groups (broad SMARTS) is 1. The van der Waals surface area contributed by atoms with Gasteiger partial charge in [-0.05, 0) is 48.9 Å². The molecule has 0 aromatic heterocycles. The number of rotatable bonds is 2. The second-order valence-electron chi connectivity index (χ2n) is 5.20. The van der Waals surface area contributed by atoms with E-state index in [1.165, 1.54) is 12.1 Å². The number of aromatic hydroxyl groups is 1. The van der Waals surface area contributed by atoms with Crippen LogP contribution in [0.25, 0.3) is 6.08 Å². The number of thioether (sulfide) groups is 1. The van der Waals surface area contributed by atoms with E-state index in [4.69, 9.17) is 0 Å². The summed E-state index contributed by atoms with van der Waals surface area (Å²) >= 11 is 1.04. The number of amidine groups is 1. The predicted octanol–water partition coefficient (Wildman–Crippen LogP) is 2.05. The van der Waals surface area contributed by atoms with E-state index >= 15 is 0 Å². The number of phenols is 1. The highest BCUT2D eigenvalue weighted by atomic mass is 32.2. The largest absolute Gasteiger partial charge is 0.507 e. The molecule has 8 heteroatoms. The summed E-state index contributed by atoms with van der Waals surface area (Å²) in [5, 5.41) is 19.2. The smallest absolute Gasteiger partial charge is 0.326 e. The van der Waals surface area contributed by atoms with Crippen LogP contribution in [0, 0.1) is 5.82 Å². The minimum atomic E-state index is -0.946. The number of carboxylic acids is 1. The summed E-state index contributed by atoms with van der Waals surface area (Å²) in [6.45, 7) is 0.522. The third-order valence-corrected chi connectivity index (χ3v) is 4.69. The Morgan fingerprint density at radius 3 is 3.00 bits per heavy atom. The Morgan fingerprint density at radius 1 is 1.48 bits per heavy atom. The van der Waals surface area contributed by atoms with Crippen molar-refractivity contribution in [1.82, 2.24) is 4.90 Å². The second-order valence-corrected chi connectivity index (χ2v) is 6.21. The minimum absolute atomic E-state index is 0.148. The lowest BCUT2D eigenvalue weighted by Gasteiger charge is -2.21. The van der Waals surface area contributed by atoms with Crippen LogP contribution in [0.2, 0.25) is 0 Å². The van der Waals surface area contributed by atoms with Crippen molar-refractivity contribution in [3.63, 3.8) is 0 Å². The molecular formula is C15H13FN2O4S. The number of halogens is 1. The van der Waals surface area contributed by atoms with Gasteiger partial charge in [-0.2, -0.15) is 4.99 Å². The highest BCUT2D eigenvalue weighted by Crippen LogP contribution is 2.34. The van der Waals surface area contributed by atoms with Crippen LogP contribution in [-0.4, -0.2) is 44.7 Å². The van der Waals surface area contributed by atoms with E-state index in [2.05, 4.69) is 4.99 Å². The van der Waals surface area contributed by atoms with Crippen LogP contribution in [0.3, 0.4) is 0 Å². The summed E-state index contributed by atoms with van der Waals surface area (Å²) in [6.07, 6.45) is 2.58. The van der Waals surface area contributed by atoms with E-state index in [0.717, 1.165) is 23.9 Å². The molecule has 1 saturated heterocycles. The standard InChI is InChI=1S/C15H13FN2O4S/c16-9-3-4-11(19)8(6-9)7-12-13(20)17-15(23-12)18-5-1-2-10(18)14(21)22/h3-4,6-7,10,19H,1-2,5H2,(H,21,22)/b12-7-/t10-/m1/s1. The number of phenolic OH excluding ortho intramolecular Hbond substituents is 1. The summed E-state index contributed by atoms with van der Waals surface area (Å²) in [4.78, 5) is 28.9. The Morgan fingerprint density at radius 2 is 2.26 bits per heavy atom. The quantitative estimate of drug-likeness (QED) is 0.804. The maximum atomic E-state index is 13.2. The topological polar surface area (TPSA) is 90.2 Å². The van der Waals surface area contributed by atoms with E-state index in [0.29, 0.717) is 24.6 Å². The second kappa shape index (κ2) is 6.04. The molecule has 1 fully saturated rings. The van der Waals surface area contributed by atoms with Gasteiger partial charge in [0.2, 0.25) is 0 Å². The zero-order chi connectivity index (χ0) is 16.6. The normalized spacial score (nSPS) is 22.7. The van der Waals surface area contributed by atoms with E-state index < -0.39 is 23.7 Å². The van der Waals surface area contributed by atoms with E-state index in [9.17, 15) is 24.2 Å². The van der Waals surface area contributed by atoms with Crippen molar-refractivity contribution in [2.24, 2.45) is 4.99 Å². The van der Waals surface area contributed by atoms with Crippen molar-refractivity contribution in [3.8, 4) is 5.75 Å². The predicted molar refractivity (Wildman–Crippen MR) is 83.4 cm³/mol. The maximum absolute atomic E-state index is 13.2. The lowest BCUT2D eigenvalue weighted by Crippen LogP contribution is -2.38. The van der Waals surface area contributed by atoms with Crippen molar-refractivity contribution in [1.29, 1.82) is 0 Å². The molecule has 0 spiro atoms. The van der Waals surface area contributed by atoms with Crippen molar-refractivity contribution >= 4 is 34.9 Å². The molecule has 0 unspecified atom stereocenters. The molecule has 2 N–H and O–H groups in total. The Bertz CT molecular complexity index is 747. The van der Waals surface area contributed by atoms with Gasteiger partial charge in [-0.15, -0.1) is 0 Å². The third kappa shape index (κ3) is 3.07. The van der Waals surface area contributed by atoms with Crippen LogP contribution in [-0.2, 0) is 9.59 Å². The Balaban J connectivity index is 1.84. The van der Waals surface area contributed by atoms with Crippen LogP contribution in [0.15, 0.2) is 28.1 Å². The van der Waals surface area contributed by atoms with Crippen molar-refractivity contribution in [3.05, 3.63) is 34.5 Å². The van der Waals surface area contributed by atoms with Crippen LogP contribution in [0.4, 0.5) is 4.39 Å². The highest BCUT2D eigenvalue weighted by Gasteiger charge is 2.36. The van der Waals surface area contributed by atoms with Gasteiger partial charge in [0, 0.05) is 12.1 Å². The summed E-state index contributed by atoms with van der Waals surface area (Å²) in [5.74, 6) is -2.15. The molecular weight excluding hydrogens is 323 g/mol. The molecule has 120 valence electrons. The molecule has 1 aromatic rings. The zero-order valence-corrected chi connectivity index (χ0v) is 12.7. The molecule has 1 atom stereocenters. The molecule has 1 aromatic carbocycles. The summed E-state index contributed by atoms with van der Waals surface area (Å²) < 4.78 is 13.2. The third-order valence-electron chi connectivity index (χ3n) is 3.67. The molecule has 2 aliphatic heterocycles. The lowest BCUT2D eigenvalue weighted by molar-refractivity contribution is -0.140. The number of hydrogen-bond donors (Lipinski definition) is 2. The monoisotopic (exact) mass is 336 g/mol. The number of likely N-dealkylation sites (tertiary alicyclic amines) is 1. The van der Waals surface area contributed by atoms with Crippen molar-refractivity contribution in [2.45, 2.75) is 18.9 Å². The number of aliphatic carboxylic acids is 1. The molecule has 2 heterocycles. The van der Waals surface area contributed by atoms with Crippen LogP contribution >= 0.6 is 11.8 Å². The number of benzene rings is 1. The van der Waals surface area contributed by atoms with Gasteiger partial charge >= 0.3 is 5.97 Å². The molecule has 2 aliphatic rings. The van der Waals surface area contributed by atoms with Crippen molar-refractivity contribution in [2.75, 3.05) is 6.54 Å². The van der Waals surface area contributed by atoms with Gasteiger partial charge in [-0.25, -0.2) is 9.18 Å². The summed E-state index contributed by atoms with van der Waals surface area (Å²) in [5.41, 5.74) is 0.175. The van der Waals surface area contributed by atoms with Crippen molar-refractivity contribution < 1.29 is 24.2 Å². The molecule has 0 saturated carbocycles. The molecule has 6 nitrogen and oxygen atoms in total. The average molecular weight is 336 g/mol. The van der Waals surface area contributed by atoms with Crippen LogP contribution in [0.5, 0.6) is 5.75 Å². The minimum Gasteiger partial charge on any atom is -0.507 e. The van der Waals surface area contributed by atoms with Gasteiger partial charge < -0.3 is 15.1 Å². The number of amides is 1.